The van der Waals surface area contributed by atoms with Crippen molar-refractivity contribution >= 4 is 39.8 Å². The van der Waals surface area contributed by atoms with E-state index in [-0.39, 0.29) is 35.7 Å². The molecular formula is C35H32F2N2O7S2-2. The van der Waals surface area contributed by atoms with Gasteiger partial charge in [-0.2, -0.15) is 0 Å². The normalized spacial score (nSPS) is 13.6. The third-order valence-corrected chi connectivity index (χ3v) is 8.97. The number of aryl methyl sites for hydroxylation is 2. The first-order valence-electron chi connectivity index (χ1n) is 14.7. The third kappa shape index (κ3) is 9.80. The van der Waals surface area contributed by atoms with Gasteiger partial charge in [-0.3, -0.25) is 22.8 Å². The molecule has 4 aromatic carbocycles. The summed E-state index contributed by atoms with van der Waals surface area (Å²) in [6.45, 7) is 2.91. The van der Waals surface area contributed by atoms with Crippen molar-refractivity contribution in [3.8, 4) is 0 Å². The minimum Gasteiger partial charge on any atom is -0.772 e. The lowest BCUT2D eigenvalue weighted by Crippen LogP contribution is -2.38. The molecule has 0 aromatic heterocycles. The van der Waals surface area contributed by atoms with E-state index in [2.05, 4.69) is 10.6 Å². The molecule has 0 aliphatic heterocycles. The number of hydrogen-bond acceptors (Lipinski definition) is 7. The van der Waals surface area contributed by atoms with Crippen LogP contribution in [0.15, 0.2) is 84.9 Å². The fraction of sp³-hybridized carbons (Fsp3) is 0.229. The zero-order chi connectivity index (χ0) is 35.0. The zero-order valence-corrected chi connectivity index (χ0v) is 27.6. The molecule has 0 aliphatic rings. The molecule has 0 heterocycles. The second-order valence-electron chi connectivity index (χ2n) is 11.2. The van der Waals surface area contributed by atoms with Crippen LogP contribution in [0.2, 0.25) is 0 Å². The molecule has 0 radical (unpaired) electrons. The predicted octanol–water partition coefficient (Wildman–Crippen LogP) is 4.64. The highest BCUT2D eigenvalue weighted by molar-refractivity contribution is 7.78. The van der Waals surface area contributed by atoms with Crippen molar-refractivity contribution < 1.29 is 40.7 Å². The highest BCUT2D eigenvalue weighted by atomic mass is 32.2. The van der Waals surface area contributed by atoms with E-state index in [1.54, 1.807) is 50.2 Å². The maximum Gasteiger partial charge on any atom is 0.251 e. The summed E-state index contributed by atoms with van der Waals surface area (Å²) in [6, 6.07) is 19.7. The van der Waals surface area contributed by atoms with Crippen LogP contribution in [0.3, 0.4) is 0 Å². The Hall–Kier alpha value is -4.43. The number of amides is 2. The van der Waals surface area contributed by atoms with E-state index >= 15 is 0 Å². The highest BCUT2D eigenvalue weighted by Crippen LogP contribution is 2.30. The topological polar surface area (TPSA) is 156 Å². The number of carbonyl (C=O) groups is 3. The maximum atomic E-state index is 14.6. The van der Waals surface area contributed by atoms with Crippen molar-refractivity contribution in [2.45, 2.75) is 37.2 Å². The van der Waals surface area contributed by atoms with Crippen LogP contribution in [0.25, 0.3) is 0 Å². The lowest BCUT2D eigenvalue weighted by Gasteiger charge is -2.25. The smallest absolute Gasteiger partial charge is 0.251 e. The number of hydrogen-bond donors (Lipinski definition) is 2. The SMILES string of the molecule is Cc1cc(C(CNC(=O)c2cccc(F)c2)C(=O)C(CNC(=O)c2cccc(F)c2)c2ccc(CS(=O)[O-])c(C)c2)ccc1CS(=O)[O-]. The van der Waals surface area contributed by atoms with Crippen LogP contribution in [-0.4, -0.2) is 48.2 Å². The van der Waals surface area contributed by atoms with E-state index < -0.39 is 63.2 Å². The summed E-state index contributed by atoms with van der Waals surface area (Å²) in [7, 11) is 0. The molecule has 0 fully saturated rings. The molecule has 0 saturated heterocycles. The molecule has 2 amide bonds. The Labute approximate surface area is 281 Å². The average Bonchev–Trinajstić information content (AvgIpc) is 3.03. The van der Waals surface area contributed by atoms with Gasteiger partial charge in [-0.15, -0.1) is 0 Å². The van der Waals surface area contributed by atoms with E-state index in [4.69, 9.17) is 0 Å². The van der Waals surface area contributed by atoms with Gasteiger partial charge < -0.3 is 19.7 Å². The summed E-state index contributed by atoms with van der Waals surface area (Å²) >= 11 is -4.72. The Kier molecular flexibility index (Phi) is 12.6. The Bertz CT molecular complexity index is 1750. The Balaban J connectivity index is 1.74. The summed E-state index contributed by atoms with van der Waals surface area (Å²) in [4.78, 5) is 40.6. The monoisotopic (exact) mass is 694 g/mol. The summed E-state index contributed by atoms with van der Waals surface area (Å²) in [6.07, 6.45) is 0. The molecule has 48 heavy (non-hydrogen) atoms. The van der Waals surface area contributed by atoms with Gasteiger partial charge in [0.15, 0.2) is 5.78 Å². The molecular weight excluding hydrogens is 663 g/mol. The number of halogens is 2. The largest absolute Gasteiger partial charge is 0.772 e. The third-order valence-electron chi connectivity index (χ3n) is 7.88. The van der Waals surface area contributed by atoms with E-state index in [0.29, 0.717) is 33.4 Å². The summed E-state index contributed by atoms with van der Waals surface area (Å²) in [5.41, 5.74) is 3.19. The average molecular weight is 695 g/mol. The maximum absolute atomic E-state index is 14.6. The first-order chi connectivity index (χ1) is 22.8. The molecule has 0 aliphatic carbocycles. The first-order valence-corrected chi connectivity index (χ1v) is 17.2. The molecule has 4 unspecified atom stereocenters. The number of rotatable bonds is 14. The van der Waals surface area contributed by atoms with Crippen LogP contribution in [0.5, 0.6) is 0 Å². The van der Waals surface area contributed by atoms with E-state index in [0.717, 1.165) is 12.1 Å². The number of ketones is 1. The Morgan fingerprint density at radius 1 is 0.646 bits per heavy atom. The number of Topliss-reactive ketones (excluding diaryl/α,β-unsaturated/α-hetero) is 1. The molecule has 13 heteroatoms. The van der Waals surface area contributed by atoms with Gasteiger partial charge in [-0.1, -0.05) is 70.7 Å². The van der Waals surface area contributed by atoms with Gasteiger partial charge in [0.1, 0.15) is 11.6 Å². The van der Waals surface area contributed by atoms with E-state index in [1.807, 2.05) is 0 Å². The summed E-state index contributed by atoms with van der Waals surface area (Å²) in [5, 5.41) is 5.39. The standard InChI is InChI=1S/C35H34F2N2O7S2/c1-21-13-23(9-11-27(21)19-47(43)44)31(17-38-34(41)25-5-3-7-29(36)15-25)33(40)32(18-39-35(42)26-6-4-8-30(37)16-26)24-10-12-28(20-48(45)46)22(2)14-24/h3-16,31-32H,17-20H2,1-2H3,(H,38,41)(H,39,42)(H,43,44)(H,45,46)/p-2. The molecule has 0 spiro atoms. The molecule has 4 rings (SSSR count). The van der Waals surface area contributed by atoms with Crippen molar-refractivity contribution in [2.24, 2.45) is 0 Å². The quantitative estimate of drug-likeness (QED) is 0.182. The van der Waals surface area contributed by atoms with Crippen molar-refractivity contribution in [3.05, 3.63) is 141 Å². The van der Waals surface area contributed by atoms with Crippen LogP contribution in [0, 0.1) is 25.5 Å². The van der Waals surface area contributed by atoms with Crippen LogP contribution in [0.1, 0.15) is 65.9 Å². The van der Waals surface area contributed by atoms with E-state index in [9.17, 15) is 40.7 Å². The summed E-state index contributed by atoms with van der Waals surface area (Å²) < 4.78 is 73.2. The minimum absolute atomic E-state index is 0.0338. The van der Waals surface area contributed by atoms with Crippen molar-refractivity contribution in [1.29, 1.82) is 0 Å². The molecule has 4 atom stereocenters. The molecule has 0 bridgehead atoms. The first kappa shape index (κ1) is 36.4. The van der Waals surface area contributed by atoms with Gasteiger partial charge in [-0.05, 0) is 83.6 Å². The number of nitrogens with one attached hydrogen (secondary N) is 2. The van der Waals surface area contributed by atoms with Crippen LogP contribution in [0.4, 0.5) is 8.78 Å². The number of benzene rings is 4. The predicted molar refractivity (Wildman–Crippen MR) is 176 cm³/mol. The molecule has 2 N–H and O–H groups in total. The van der Waals surface area contributed by atoms with Gasteiger partial charge in [-0.25, -0.2) is 8.78 Å². The van der Waals surface area contributed by atoms with Crippen LogP contribution < -0.4 is 10.6 Å². The number of carbonyl (C=O) groups excluding carboxylic acids is 3. The van der Waals surface area contributed by atoms with Gasteiger partial charge in [0.05, 0.1) is 11.8 Å². The van der Waals surface area contributed by atoms with Gasteiger partial charge in [0.2, 0.25) is 0 Å². The van der Waals surface area contributed by atoms with Gasteiger partial charge in [0.25, 0.3) is 11.8 Å². The fourth-order valence-corrected chi connectivity index (χ4v) is 6.47. The molecule has 252 valence electrons. The summed E-state index contributed by atoms with van der Waals surface area (Å²) in [5.74, 6) is -5.49. The van der Waals surface area contributed by atoms with Crippen LogP contribution >= 0.6 is 0 Å². The van der Waals surface area contributed by atoms with Crippen molar-refractivity contribution in [1.82, 2.24) is 10.6 Å². The Morgan fingerprint density at radius 2 is 1.04 bits per heavy atom. The van der Waals surface area contributed by atoms with Crippen LogP contribution in [-0.2, 0) is 38.5 Å². The molecule has 9 nitrogen and oxygen atoms in total. The van der Waals surface area contributed by atoms with Crippen molar-refractivity contribution in [2.75, 3.05) is 13.1 Å². The zero-order valence-electron chi connectivity index (χ0n) is 26.0. The molecule has 0 saturated carbocycles. The second-order valence-corrected chi connectivity index (χ2v) is 13.0. The fourth-order valence-electron chi connectivity index (χ4n) is 5.31. The highest BCUT2D eigenvalue weighted by Gasteiger charge is 2.31. The second kappa shape index (κ2) is 16.6. The molecule has 4 aromatic rings. The van der Waals surface area contributed by atoms with Gasteiger partial charge in [0, 0.05) is 35.7 Å². The van der Waals surface area contributed by atoms with Crippen molar-refractivity contribution in [3.63, 3.8) is 0 Å². The lowest BCUT2D eigenvalue weighted by atomic mass is 9.82. The lowest BCUT2D eigenvalue weighted by molar-refractivity contribution is -0.121. The Morgan fingerprint density at radius 3 is 1.38 bits per heavy atom. The minimum atomic E-state index is -2.36. The van der Waals surface area contributed by atoms with E-state index in [1.165, 1.54) is 36.4 Å². The van der Waals surface area contributed by atoms with Gasteiger partial charge >= 0.3 is 0 Å².